The largest absolute Gasteiger partial charge is 0.255 e. The summed E-state index contributed by atoms with van der Waals surface area (Å²) >= 11 is 17.8. The van der Waals surface area contributed by atoms with Crippen molar-refractivity contribution >= 4 is 46.7 Å². The number of hydrogen-bond acceptors (Lipinski definition) is 1. The van der Waals surface area contributed by atoms with Crippen LogP contribution >= 0.6 is 34.8 Å². The Hall–Kier alpha value is -1.02. The van der Waals surface area contributed by atoms with Crippen LogP contribution in [0.25, 0.3) is 0 Å². The van der Waals surface area contributed by atoms with Gasteiger partial charge in [-0.25, -0.2) is 0 Å². The van der Waals surface area contributed by atoms with Gasteiger partial charge >= 0.3 is 0 Å². The maximum Gasteiger partial charge on any atom is 0.0816 e. The monoisotopic (exact) mass is 283 g/mol. The Morgan fingerprint density at radius 3 is 2.35 bits per heavy atom. The summed E-state index contributed by atoms with van der Waals surface area (Å²) in [6.07, 6.45) is 1.67. The van der Waals surface area contributed by atoms with Gasteiger partial charge in [0, 0.05) is 16.8 Å². The van der Waals surface area contributed by atoms with Gasteiger partial charge in [0.1, 0.15) is 0 Å². The first-order valence-electron chi connectivity index (χ1n) is 4.90. The zero-order valence-corrected chi connectivity index (χ0v) is 11.0. The first-order valence-corrected chi connectivity index (χ1v) is 6.04. The quantitative estimate of drug-likeness (QED) is 0.655. The van der Waals surface area contributed by atoms with Crippen LogP contribution in [0, 0.1) is 0 Å². The number of para-hydroxylation sites is 1. The zero-order chi connectivity index (χ0) is 12.3. The van der Waals surface area contributed by atoms with E-state index in [2.05, 4.69) is 4.99 Å². The van der Waals surface area contributed by atoms with Crippen LogP contribution in [-0.4, -0.2) is 6.21 Å². The molecule has 4 heteroatoms. The summed E-state index contributed by atoms with van der Waals surface area (Å²) in [5.41, 5.74) is 1.51. The Kier molecular flexibility index (Phi) is 4.06. The lowest BCUT2D eigenvalue weighted by molar-refractivity contribution is 1.52. The number of aliphatic imine (C=N–C) groups is 1. The van der Waals surface area contributed by atoms with E-state index in [4.69, 9.17) is 34.8 Å². The summed E-state index contributed by atoms with van der Waals surface area (Å²) in [5, 5.41) is 1.77. The Morgan fingerprint density at radius 1 is 0.882 bits per heavy atom. The average Bonchev–Trinajstić information content (AvgIpc) is 2.30. The Labute approximate surface area is 115 Å². The molecule has 0 radical (unpaired) electrons. The predicted molar refractivity (Wildman–Crippen MR) is 75.2 cm³/mol. The van der Waals surface area contributed by atoms with Crippen LogP contribution in [0.2, 0.25) is 15.1 Å². The summed E-state index contributed by atoms with van der Waals surface area (Å²) in [6.45, 7) is 0. The standard InChI is InChI=1S/C13H8Cl3N/c14-10-6-5-9(12(16)7-10)8-17-13-4-2-1-3-11(13)15/h1-8H/b17-8+. The van der Waals surface area contributed by atoms with E-state index in [1.165, 1.54) is 0 Å². The lowest BCUT2D eigenvalue weighted by atomic mass is 10.2. The highest BCUT2D eigenvalue weighted by molar-refractivity contribution is 6.36. The van der Waals surface area contributed by atoms with Crippen molar-refractivity contribution in [2.24, 2.45) is 4.99 Å². The SMILES string of the molecule is Clc1ccc(/C=N/c2ccccc2Cl)c(Cl)c1. The highest BCUT2D eigenvalue weighted by Crippen LogP contribution is 2.25. The van der Waals surface area contributed by atoms with Crippen molar-refractivity contribution in [2.75, 3.05) is 0 Å². The maximum atomic E-state index is 6.03. The van der Waals surface area contributed by atoms with E-state index in [-0.39, 0.29) is 0 Å². The molecule has 0 saturated carbocycles. The molecule has 0 bridgehead atoms. The van der Waals surface area contributed by atoms with Crippen molar-refractivity contribution in [1.82, 2.24) is 0 Å². The number of hydrogen-bond donors (Lipinski definition) is 0. The fraction of sp³-hybridized carbons (Fsp3) is 0. The van der Waals surface area contributed by atoms with E-state index in [1.54, 1.807) is 24.4 Å². The maximum absolute atomic E-state index is 6.03. The van der Waals surface area contributed by atoms with Gasteiger partial charge in [-0.2, -0.15) is 0 Å². The van der Waals surface area contributed by atoms with E-state index < -0.39 is 0 Å². The molecular formula is C13H8Cl3N. The number of benzene rings is 2. The minimum atomic E-state index is 0.563. The highest BCUT2D eigenvalue weighted by atomic mass is 35.5. The summed E-state index contributed by atoms with van der Waals surface area (Å²) in [6, 6.07) is 12.6. The molecule has 0 fully saturated rings. The first kappa shape index (κ1) is 12.4. The van der Waals surface area contributed by atoms with Gasteiger partial charge in [-0.15, -0.1) is 0 Å². The van der Waals surface area contributed by atoms with Crippen molar-refractivity contribution in [3.63, 3.8) is 0 Å². The van der Waals surface area contributed by atoms with Crippen LogP contribution < -0.4 is 0 Å². The Bertz CT molecular complexity index is 564. The molecule has 86 valence electrons. The third-order valence-corrected chi connectivity index (χ3v) is 3.04. The van der Waals surface area contributed by atoms with Crippen LogP contribution in [0.3, 0.4) is 0 Å². The van der Waals surface area contributed by atoms with E-state index in [0.717, 1.165) is 5.56 Å². The van der Waals surface area contributed by atoms with Crippen LogP contribution in [-0.2, 0) is 0 Å². The molecule has 2 aromatic rings. The van der Waals surface area contributed by atoms with E-state index in [1.807, 2.05) is 24.3 Å². The van der Waals surface area contributed by atoms with Crippen LogP contribution in [0.4, 0.5) is 5.69 Å². The molecule has 0 N–H and O–H groups in total. The van der Waals surface area contributed by atoms with Crippen LogP contribution in [0.5, 0.6) is 0 Å². The van der Waals surface area contributed by atoms with E-state index in [0.29, 0.717) is 20.8 Å². The summed E-state index contributed by atoms with van der Waals surface area (Å²) in [5.74, 6) is 0. The Morgan fingerprint density at radius 2 is 1.65 bits per heavy atom. The van der Waals surface area contributed by atoms with Crippen molar-refractivity contribution in [2.45, 2.75) is 0 Å². The smallest absolute Gasteiger partial charge is 0.0816 e. The highest BCUT2D eigenvalue weighted by Gasteiger charge is 1.99. The second-order valence-corrected chi connectivity index (χ2v) is 4.63. The molecule has 0 aromatic heterocycles. The topological polar surface area (TPSA) is 12.4 Å². The summed E-state index contributed by atoms with van der Waals surface area (Å²) in [7, 11) is 0. The minimum absolute atomic E-state index is 0.563. The number of halogens is 3. The molecule has 17 heavy (non-hydrogen) atoms. The fourth-order valence-electron chi connectivity index (χ4n) is 1.30. The van der Waals surface area contributed by atoms with Gasteiger partial charge in [0.15, 0.2) is 0 Å². The van der Waals surface area contributed by atoms with E-state index >= 15 is 0 Å². The molecule has 0 aliphatic heterocycles. The molecule has 0 spiro atoms. The second-order valence-electron chi connectivity index (χ2n) is 3.38. The molecule has 0 saturated heterocycles. The molecular weight excluding hydrogens is 277 g/mol. The van der Waals surface area contributed by atoms with Gasteiger partial charge in [0.05, 0.1) is 15.7 Å². The summed E-state index contributed by atoms with van der Waals surface area (Å²) in [4.78, 5) is 4.28. The molecule has 2 aromatic carbocycles. The average molecular weight is 285 g/mol. The van der Waals surface area contributed by atoms with Gasteiger partial charge < -0.3 is 0 Å². The zero-order valence-electron chi connectivity index (χ0n) is 8.70. The third kappa shape index (κ3) is 3.22. The van der Waals surface area contributed by atoms with Crippen molar-refractivity contribution < 1.29 is 0 Å². The molecule has 0 unspecified atom stereocenters. The minimum Gasteiger partial charge on any atom is -0.255 e. The first-order chi connectivity index (χ1) is 8.16. The lowest BCUT2D eigenvalue weighted by Gasteiger charge is -1.99. The molecule has 1 nitrogen and oxygen atoms in total. The van der Waals surface area contributed by atoms with Gasteiger partial charge in [0.2, 0.25) is 0 Å². The summed E-state index contributed by atoms with van der Waals surface area (Å²) < 4.78 is 0. The third-order valence-electron chi connectivity index (χ3n) is 2.16. The molecule has 0 heterocycles. The van der Waals surface area contributed by atoms with Crippen LogP contribution in [0.15, 0.2) is 47.5 Å². The van der Waals surface area contributed by atoms with Gasteiger partial charge in [-0.1, -0.05) is 53.0 Å². The molecule has 0 amide bonds. The van der Waals surface area contributed by atoms with Gasteiger partial charge in [-0.05, 0) is 24.3 Å². The van der Waals surface area contributed by atoms with Gasteiger partial charge in [-0.3, -0.25) is 4.99 Å². The van der Waals surface area contributed by atoms with Crippen molar-refractivity contribution in [1.29, 1.82) is 0 Å². The second kappa shape index (κ2) is 5.54. The van der Waals surface area contributed by atoms with Crippen LogP contribution in [0.1, 0.15) is 5.56 Å². The number of nitrogens with zero attached hydrogens (tertiary/aromatic N) is 1. The molecule has 0 aliphatic rings. The van der Waals surface area contributed by atoms with Crippen molar-refractivity contribution in [3.05, 3.63) is 63.1 Å². The fourth-order valence-corrected chi connectivity index (χ4v) is 1.94. The Balaban J connectivity index is 2.29. The van der Waals surface area contributed by atoms with Gasteiger partial charge in [0.25, 0.3) is 0 Å². The van der Waals surface area contributed by atoms with Crippen molar-refractivity contribution in [3.8, 4) is 0 Å². The molecule has 2 rings (SSSR count). The molecule has 0 atom stereocenters. The lowest BCUT2D eigenvalue weighted by Crippen LogP contribution is -1.82. The molecule has 0 aliphatic carbocycles. The normalized spacial score (nSPS) is 11.0. The number of rotatable bonds is 2. The predicted octanol–water partition coefficient (Wildman–Crippen LogP) is 5.40. The van der Waals surface area contributed by atoms with E-state index in [9.17, 15) is 0 Å².